The predicted octanol–water partition coefficient (Wildman–Crippen LogP) is 3.48. The van der Waals surface area contributed by atoms with Gasteiger partial charge in [0.1, 0.15) is 0 Å². The number of alkyl halides is 1. The zero-order valence-electron chi connectivity index (χ0n) is 9.61. The molecule has 0 amide bonds. The first-order valence-electron chi connectivity index (χ1n) is 5.25. The second-order valence-electron chi connectivity index (χ2n) is 3.72. The van der Waals surface area contributed by atoms with Gasteiger partial charge in [0.2, 0.25) is 0 Å². The minimum absolute atomic E-state index is 0.00112. The molecule has 0 aliphatic rings. The van der Waals surface area contributed by atoms with Crippen LogP contribution in [0.4, 0.5) is 0 Å². The van der Waals surface area contributed by atoms with Crippen LogP contribution in [0.3, 0.4) is 0 Å². The largest absolute Gasteiger partial charge is 0.465 e. The van der Waals surface area contributed by atoms with E-state index in [1.54, 1.807) is 0 Å². The van der Waals surface area contributed by atoms with Crippen molar-refractivity contribution in [2.75, 3.05) is 7.11 Å². The first kappa shape index (κ1) is 12.0. The number of carbonyl (C=O) groups excluding carboxylic acids is 1. The molecule has 0 saturated carbocycles. The summed E-state index contributed by atoms with van der Waals surface area (Å²) in [6, 6.07) is 9.52. The van der Waals surface area contributed by atoms with Gasteiger partial charge in [-0.15, -0.1) is 0 Å². The van der Waals surface area contributed by atoms with Crippen LogP contribution in [-0.2, 0) is 4.74 Å². The van der Waals surface area contributed by atoms with Crippen molar-refractivity contribution in [2.45, 2.75) is 11.8 Å². The van der Waals surface area contributed by atoms with Crippen LogP contribution >= 0.6 is 15.9 Å². The fourth-order valence-electron chi connectivity index (χ4n) is 1.71. The number of aromatic nitrogens is 1. The number of para-hydroxylation sites is 1. The molecule has 2 aromatic rings. The van der Waals surface area contributed by atoms with Gasteiger partial charge in [-0.1, -0.05) is 34.1 Å². The molecule has 1 aromatic heterocycles. The quantitative estimate of drug-likeness (QED) is 0.629. The molecule has 1 heterocycles. The van der Waals surface area contributed by atoms with Crippen LogP contribution in [0.25, 0.3) is 10.9 Å². The number of nitrogens with zero attached hydrogens (tertiary/aromatic N) is 1. The van der Waals surface area contributed by atoms with E-state index >= 15 is 0 Å². The zero-order chi connectivity index (χ0) is 12.4. The lowest BCUT2D eigenvalue weighted by Crippen LogP contribution is -2.08. The van der Waals surface area contributed by atoms with E-state index in [9.17, 15) is 4.79 Å². The standard InChI is InChI=1S/C13H12BrNO2/c1-8(14)12-10(13(16)17-2)7-9-5-3-4-6-11(9)15-12/h3-8H,1-2H3. The summed E-state index contributed by atoms with van der Waals surface area (Å²) in [5, 5.41) is 0.935. The van der Waals surface area contributed by atoms with Gasteiger partial charge in [-0.05, 0) is 19.1 Å². The summed E-state index contributed by atoms with van der Waals surface area (Å²) in [5.74, 6) is -0.357. The summed E-state index contributed by atoms with van der Waals surface area (Å²) in [6.45, 7) is 1.93. The highest BCUT2D eigenvalue weighted by Gasteiger charge is 2.17. The van der Waals surface area contributed by atoms with Crippen molar-refractivity contribution in [3.63, 3.8) is 0 Å². The van der Waals surface area contributed by atoms with Gasteiger partial charge in [0.05, 0.1) is 28.7 Å². The van der Waals surface area contributed by atoms with Gasteiger partial charge in [-0.2, -0.15) is 0 Å². The number of fused-ring (bicyclic) bond motifs is 1. The number of rotatable bonds is 2. The summed E-state index contributed by atoms with van der Waals surface area (Å²) in [4.78, 5) is 16.2. The fourth-order valence-corrected chi connectivity index (χ4v) is 2.06. The molecule has 1 aromatic carbocycles. The van der Waals surface area contributed by atoms with E-state index in [0.717, 1.165) is 10.9 Å². The Hall–Kier alpha value is -1.42. The summed E-state index contributed by atoms with van der Waals surface area (Å²) >= 11 is 3.45. The van der Waals surface area contributed by atoms with Crippen LogP contribution < -0.4 is 0 Å². The molecule has 0 bridgehead atoms. The van der Waals surface area contributed by atoms with Crippen molar-refractivity contribution in [1.29, 1.82) is 0 Å². The third kappa shape index (κ3) is 2.31. The second kappa shape index (κ2) is 4.84. The second-order valence-corrected chi connectivity index (χ2v) is 5.09. The summed E-state index contributed by atoms with van der Waals surface area (Å²) in [5.41, 5.74) is 2.09. The average molecular weight is 294 g/mol. The lowest BCUT2D eigenvalue weighted by molar-refractivity contribution is 0.0599. The molecule has 0 aliphatic carbocycles. The molecule has 1 atom stereocenters. The first-order valence-corrected chi connectivity index (χ1v) is 6.17. The molecule has 0 saturated heterocycles. The molecular formula is C13H12BrNO2. The molecule has 0 fully saturated rings. The summed E-state index contributed by atoms with van der Waals surface area (Å²) < 4.78 is 4.78. The van der Waals surface area contributed by atoms with E-state index in [1.807, 2.05) is 37.3 Å². The number of pyridine rings is 1. The van der Waals surface area contributed by atoms with Crippen LogP contribution in [-0.4, -0.2) is 18.1 Å². The van der Waals surface area contributed by atoms with Crippen LogP contribution in [0.2, 0.25) is 0 Å². The van der Waals surface area contributed by atoms with Gasteiger partial charge in [-0.25, -0.2) is 4.79 Å². The summed E-state index contributed by atoms with van der Waals surface area (Å²) in [7, 11) is 1.38. The number of ether oxygens (including phenoxy) is 1. The topological polar surface area (TPSA) is 39.2 Å². The third-order valence-electron chi connectivity index (χ3n) is 2.54. The van der Waals surface area contributed by atoms with E-state index in [2.05, 4.69) is 20.9 Å². The van der Waals surface area contributed by atoms with Gasteiger partial charge < -0.3 is 4.74 Å². The number of hydrogen-bond donors (Lipinski definition) is 0. The van der Waals surface area contributed by atoms with Gasteiger partial charge >= 0.3 is 5.97 Å². The fraction of sp³-hybridized carbons (Fsp3) is 0.231. The van der Waals surface area contributed by atoms with E-state index in [-0.39, 0.29) is 10.8 Å². The number of carbonyl (C=O) groups is 1. The molecule has 3 nitrogen and oxygen atoms in total. The van der Waals surface area contributed by atoms with Crippen molar-refractivity contribution in [3.05, 3.63) is 41.6 Å². The molecule has 1 unspecified atom stereocenters. The Morgan fingerprint density at radius 2 is 2.12 bits per heavy atom. The number of halogens is 1. The molecule has 0 aliphatic heterocycles. The Morgan fingerprint density at radius 1 is 1.41 bits per heavy atom. The maximum absolute atomic E-state index is 11.7. The van der Waals surface area contributed by atoms with Crippen molar-refractivity contribution in [2.24, 2.45) is 0 Å². The van der Waals surface area contributed by atoms with E-state index in [4.69, 9.17) is 4.74 Å². The minimum atomic E-state index is -0.357. The Bertz CT molecular complexity index is 566. The Morgan fingerprint density at radius 3 is 2.76 bits per heavy atom. The Balaban J connectivity index is 2.70. The van der Waals surface area contributed by atoms with Crippen molar-refractivity contribution in [3.8, 4) is 0 Å². The first-order chi connectivity index (χ1) is 8.13. The minimum Gasteiger partial charge on any atom is -0.465 e. The SMILES string of the molecule is COC(=O)c1cc2ccccc2nc1C(C)Br. The summed E-state index contributed by atoms with van der Waals surface area (Å²) in [6.07, 6.45) is 0. The predicted molar refractivity (Wildman–Crippen MR) is 70.4 cm³/mol. The number of methoxy groups -OCH3 is 1. The number of benzene rings is 1. The molecule has 0 N–H and O–H groups in total. The third-order valence-corrected chi connectivity index (χ3v) is 2.97. The van der Waals surface area contributed by atoms with E-state index in [0.29, 0.717) is 11.3 Å². The van der Waals surface area contributed by atoms with E-state index < -0.39 is 0 Å². The van der Waals surface area contributed by atoms with Crippen LogP contribution in [0.5, 0.6) is 0 Å². The Kier molecular flexibility index (Phi) is 3.43. The molecular weight excluding hydrogens is 282 g/mol. The number of esters is 1. The highest BCUT2D eigenvalue weighted by molar-refractivity contribution is 9.09. The van der Waals surface area contributed by atoms with Gasteiger partial charge in [0.15, 0.2) is 0 Å². The molecule has 17 heavy (non-hydrogen) atoms. The maximum atomic E-state index is 11.7. The highest BCUT2D eigenvalue weighted by Crippen LogP contribution is 2.27. The monoisotopic (exact) mass is 293 g/mol. The number of hydrogen-bond acceptors (Lipinski definition) is 3. The van der Waals surface area contributed by atoms with Gasteiger partial charge in [-0.3, -0.25) is 4.98 Å². The maximum Gasteiger partial charge on any atom is 0.339 e. The van der Waals surface area contributed by atoms with Crippen LogP contribution in [0.15, 0.2) is 30.3 Å². The highest BCUT2D eigenvalue weighted by atomic mass is 79.9. The zero-order valence-corrected chi connectivity index (χ0v) is 11.2. The van der Waals surface area contributed by atoms with Crippen molar-refractivity contribution in [1.82, 2.24) is 4.98 Å². The van der Waals surface area contributed by atoms with Crippen LogP contribution in [0.1, 0.15) is 27.8 Å². The smallest absolute Gasteiger partial charge is 0.339 e. The average Bonchev–Trinajstić information content (AvgIpc) is 2.36. The van der Waals surface area contributed by atoms with E-state index in [1.165, 1.54) is 7.11 Å². The molecule has 0 spiro atoms. The van der Waals surface area contributed by atoms with Crippen molar-refractivity contribution < 1.29 is 9.53 Å². The normalized spacial score (nSPS) is 12.4. The van der Waals surface area contributed by atoms with Gasteiger partial charge in [0, 0.05) is 5.39 Å². The molecule has 0 radical (unpaired) electrons. The lowest BCUT2D eigenvalue weighted by Gasteiger charge is -2.10. The molecule has 88 valence electrons. The lowest BCUT2D eigenvalue weighted by atomic mass is 10.1. The van der Waals surface area contributed by atoms with Crippen molar-refractivity contribution >= 4 is 32.8 Å². The molecule has 4 heteroatoms. The van der Waals surface area contributed by atoms with Crippen LogP contribution in [0, 0.1) is 0 Å². The molecule has 2 rings (SSSR count). The Labute approximate surface area is 108 Å². The van der Waals surface area contributed by atoms with Gasteiger partial charge in [0.25, 0.3) is 0 Å².